The summed E-state index contributed by atoms with van der Waals surface area (Å²) in [5, 5.41) is 11.8. The van der Waals surface area contributed by atoms with Crippen LogP contribution in [0.2, 0.25) is 0 Å². The molecule has 1 amide bonds. The van der Waals surface area contributed by atoms with Crippen molar-refractivity contribution in [1.82, 2.24) is 5.32 Å². The van der Waals surface area contributed by atoms with E-state index in [0.717, 1.165) is 17.7 Å². The predicted molar refractivity (Wildman–Crippen MR) is 77.7 cm³/mol. The fourth-order valence-electron chi connectivity index (χ4n) is 2.75. The topological polar surface area (TPSA) is 84.9 Å². The maximum atomic E-state index is 12.0. The number of carboxylic acids is 1. The first-order valence-electron chi connectivity index (χ1n) is 7.54. The number of ether oxygens (including phenoxy) is 2. The normalized spacial score (nSPS) is 23.1. The van der Waals surface area contributed by atoms with Gasteiger partial charge in [0.1, 0.15) is 0 Å². The Morgan fingerprint density at radius 2 is 1.86 bits per heavy atom. The molecule has 6 heteroatoms. The molecular formula is C16H19NO5. The lowest BCUT2D eigenvalue weighted by Gasteiger charge is -2.31. The van der Waals surface area contributed by atoms with Crippen molar-refractivity contribution in [2.75, 3.05) is 13.2 Å². The van der Waals surface area contributed by atoms with Gasteiger partial charge in [-0.3, -0.25) is 9.59 Å². The Morgan fingerprint density at radius 1 is 1.14 bits per heavy atom. The zero-order valence-electron chi connectivity index (χ0n) is 12.2. The molecule has 0 aromatic heterocycles. The summed E-state index contributed by atoms with van der Waals surface area (Å²) in [6.07, 6.45) is 2.07. The van der Waals surface area contributed by atoms with Crippen LogP contribution in [0.4, 0.5) is 0 Å². The number of carbonyl (C=O) groups is 2. The molecule has 1 saturated carbocycles. The van der Waals surface area contributed by atoms with Gasteiger partial charge < -0.3 is 19.9 Å². The van der Waals surface area contributed by atoms with Gasteiger partial charge in [-0.2, -0.15) is 0 Å². The Hall–Kier alpha value is -2.24. The number of amides is 1. The number of hydrogen-bond donors (Lipinski definition) is 2. The molecule has 0 radical (unpaired) electrons. The molecule has 0 saturated heterocycles. The molecule has 1 aromatic carbocycles. The van der Waals surface area contributed by atoms with Crippen LogP contribution in [0.15, 0.2) is 18.2 Å². The first-order valence-corrected chi connectivity index (χ1v) is 7.54. The first-order chi connectivity index (χ1) is 10.6. The number of carbonyl (C=O) groups excluding carboxylic acids is 1. The minimum atomic E-state index is -0.887. The molecule has 0 spiro atoms. The SMILES string of the molecule is O=C(O)C1CCC1C(=O)NCc1ccc2c(c1)OCCCO2. The van der Waals surface area contributed by atoms with Crippen molar-refractivity contribution in [3.05, 3.63) is 23.8 Å². The molecule has 118 valence electrons. The summed E-state index contributed by atoms with van der Waals surface area (Å²) in [6.45, 7) is 1.62. The standard InChI is InChI=1S/C16H19NO5/c18-15(11-3-4-12(11)16(19)20)17-9-10-2-5-13-14(8-10)22-7-1-6-21-13/h2,5,8,11-12H,1,3-4,6-7,9H2,(H,17,18)(H,19,20). The van der Waals surface area contributed by atoms with Crippen molar-refractivity contribution in [2.45, 2.75) is 25.8 Å². The number of nitrogens with one attached hydrogen (secondary N) is 1. The van der Waals surface area contributed by atoms with Gasteiger partial charge in [-0.15, -0.1) is 0 Å². The van der Waals surface area contributed by atoms with E-state index in [4.69, 9.17) is 14.6 Å². The van der Waals surface area contributed by atoms with Gasteiger partial charge in [0.05, 0.1) is 25.0 Å². The Morgan fingerprint density at radius 3 is 2.55 bits per heavy atom. The lowest BCUT2D eigenvalue weighted by atomic mass is 9.73. The van der Waals surface area contributed by atoms with Crippen LogP contribution in [0.3, 0.4) is 0 Å². The predicted octanol–water partition coefficient (Wildman–Crippen LogP) is 1.57. The summed E-state index contributed by atoms with van der Waals surface area (Å²) < 4.78 is 11.2. The number of carboxylic acid groups (broad SMARTS) is 1. The van der Waals surface area contributed by atoms with Gasteiger partial charge in [-0.1, -0.05) is 6.07 Å². The third-order valence-electron chi connectivity index (χ3n) is 4.21. The third-order valence-corrected chi connectivity index (χ3v) is 4.21. The average molecular weight is 305 g/mol. The number of aliphatic carboxylic acids is 1. The van der Waals surface area contributed by atoms with E-state index in [1.165, 1.54) is 0 Å². The van der Waals surface area contributed by atoms with Gasteiger partial charge in [0, 0.05) is 13.0 Å². The van der Waals surface area contributed by atoms with Crippen LogP contribution in [0, 0.1) is 11.8 Å². The Kier molecular flexibility index (Phi) is 4.18. The molecule has 2 N–H and O–H groups in total. The van der Waals surface area contributed by atoms with Gasteiger partial charge in [0.25, 0.3) is 0 Å². The van der Waals surface area contributed by atoms with E-state index in [2.05, 4.69) is 5.32 Å². The van der Waals surface area contributed by atoms with Crippen LogP contribution in [0.1, 0.15) is 24.8 Å². The number of rotatable bonds is 4. The summed E-state index contributed by atoms with van der Waals surface area (Å²) in [7, 11) is 0. The van der Waals surface area contributed by atoms with E-state index in [-0.39, 0.29) is 5.91 Å². The van der Waals surface area contributed by atoms with Crippen LogP contribution in [-0.4, -0.2) is 30.2 Å². The number of hydrogen-bond acceptors (Lipinski definition) is 4. The van der Waals surface area contributed by atoms with E-state index in [1.807, 2.05) is 18.2 Å². The second-order valence-corrected chi connectivity index (χ2v) is 5.68. The van der Waals surface area contributed by atoms with Crippen molar-refractivity contribution < 1.29 is 24.2 Å². The van der Waals surface area contributed by atoms with E-state index in [9.17, 15) is 9.59 Å². The zero-order valence-corrected chi connectivity index (χ0v) is 12.2. The molecule has 6 nitrogen and oxygen atoms in total. The van der Waals surface area contributed by atoms with Gasteiger partial charge in [0.15, 0.2) is 11.5 Å². The highest BCUT2D eigenvalue weighted by Gasteiger charge is 2.41. The van der Waals surface area contributed by atoms with Gasteiger partial charge in [0.2, 0.25) is 5.91 Å². The van der Waals surface area contributed by atoms with Crippen LogP contribution >= 0.6 is 0 Å². The quantitative estimate of drug-likeness (QED) is 0.882. The fourth-order valence-corrected chi connectivity index (χ4v) is 2.75. The average Bonchev–Trinajstić information content (AvgIpc) is 2.67. The van der Waals surface area contributed by atoms with E-state index in [0.29, 0.717) is 38.3 Å². The summed E-state index contributed by atoms with van der Waals surface area (Å²) in [6, 6.07) is 5.57. The van der Waals surface area contributed by atoms with E-state index >= 15 is 0 Å². The minimum Gasteiger partial charge on any atom is -0.490 e. The third kappa shape index (κ3) is 3.00. The van der Waals surface area contributed by atoms with Crippen molar-refractivity contribution in [3.8, 4) is 11.5 Å². The summed E-state index contributed by atoms with van der Waals surface area (Å²) in [4.78, 5) is 23.0. The molecule has 3 rings (SSSR count). The highest BCUT2D eigenvalue weighted by Crippen LogP contribution is 2.35. The molecule has 2 aliphatic rings. The maximum Gasteiger partial charge on any atom is 0.307 e. The number of fused-ring (bicyclic) bond motifs is 1. The summed E-state index contributed by atoms with van der Waals surface area (Å²) >= 11 is 0. The highest BCUT2D eigenvalue weighted by molar-refractivity contribution is 5.86. The Balaban J connectivity index is 1.58. The molecule has 1 aliphatic carbocycles. The zero-order chi connectivity index (χ0) is 15.5. The molecule has 0 bridgehead atoms. The monoisotopic (exact) mass is 305 g/mol. The molecule has 1 aromatic rings. The second-order valence-electron chi connectivity index (χ2n) is 5.68. The van der Waals surface area contributed by atoms with Crippen molar-refractivity contribution in [3.63, 3.8) is 0 Å². The van der Waals surface area contributed by atoms with Crippen LogP contribution in [0.25, 0.3) is 0 Å². The second kappa shape index (κ2) is 6.25. The molecule has 1 fully saturated rings. The first kappa shape index (κ1) is 14.7. The molecule has 1 heterocycles. The van der Waals surface area contributed by atoms with Crippen LogP contribution in [0.5, 0.6) is 11.5 Å². The maximum absolute atomic E-state index is 12.0. The lowest BCUT2D eigenvalue weighted by Crippen LogP contribution is -2.43. The van der Waals surface area contributed by atoms with Crippen molar-refractivity contribution in [2.24, 2.45) is 11.8 Å². The smallest absolute Gasteiger partial charge is 0.307 e. The van der Waals surface area contributed by atoms with Gasteiger partial charge in [-0.25, -0.2) is 0 Å². The van der Waals surface area contributed by atoms with Gasteiger partial charge >= 0.3 is 5.97 Å². The van der Waals surface area contributed by atoms with Crippen LogP contribution in [-0.2, 0) is 16.1 Å². The van der Waals surface area contributed by atoms with Crippen molar-refractivity contribution in [1.29, 1.82) is 0 Å². The molecular weight excluding hydrogens is 286 g/mol. The number of benzene rings is 1. The minimum absolute atomic E-state index is 0.189. The summed E-state index contributed by atoms with van der Waals surface area (Å²) in [5.74, 6) is -0.608. The molecule has 22 heavy (non-hydrogen) atoms. The molecule has 2 unspecified atom stereocenters. The summed E-state index contributed by atoms with van der Waals surface area (Å²) in [5.41, 5.74) is 0.906. The van der Waals surface area contributed by atoms with Crippen molar-refractivity contribution >= 4 is 11.9 Å². The molecule has 2 atom stereocenters. The fraction of sp³-hybridized carbons (Fsp3) is 0.500. The van der Waals surface area contributed by atoms with Gasteiger partial charge in [-0.05, 0) is 30.5 Å². The molecule has 1 aliphatic heterocycles. The van der Waals surface area contributed by atoms with E-state index in [1.54, 1.807) is 0 Å². The lowest BCUT2D eigenvalue weighted by molar-refractivity contribution is -0.152. The van der Waals surface area contributed by atoms with Crippen LogP contribution < -0.4 is 14.8 Å². The Bertz CT molecular complexity index is 586. The van der Waals surface area contributed by atoms with E-state index < -0.39 is 17.8 Å². The highest BCUT2D eigenvalue weighted by atomic mass is 16.5. The Labute approximate surface area is 128 Å². The largest absolute Gasteiger partial charge is 0.490 e.